The molecule has 6 nitrogen and oxygen atoms in total. The van der Waals surface area contributed by atoms with Gasteiger partial charge in [-0.15, -0.1) is 0 Å². The summed E-state index contributed by atoms with van der Waals surface area (Å²) in [5.41, 5.74) is 1.02. The van der Waals surface area contributed by atoms with Crippen LogP contribution in [0.5, 0.6) is 0 Å². The number of anilines is 1. The van der Waals surface area contributed by atoms with Crippen LogP contribution < -0.4 is 4.90 Å². The number of carbonyl (C=O) groups excluding carboxylic acids is 1. The molecule has 23 heavy (non-hydrogen) atoms. The van der Waals surface area contributed by atoms with E-state index >= 15 is 0 Å². The highest BCUT2D eigenvalue weighted by molar-refractivity contribution is 6.00. The third-order valence-corrected chi connectivity index (χ3v) is 4.09. The molecule has 1 amide bonds. The zero-order valence-electron chi connectivity index (χ0n) is 13.7. The Morgan fingerprint density at radius 3 is 2.87 bits per heavy atom. The standard InChI is InChI=1S/C17H23N5O/c1-4-17(23)20(16-8-10-21(19-16)13(2)3)12-15-7-9-18-22(15)11-14-5-6-14/h4,7-10,13-14H,1,5-6,11-12H2,2-3H3. The summed E-state index contributed by atoms with van der Waals surface area (Å²) >= 11 is 0. The van der Waals surface area contributed by atoms with Gasteiger partial charge in [0.15, 0.2) is 5.82 Å². The Morgan fingerprint density at radius 1 is 1.48 bits per heavy atom. The Morgan fingerprint density at radius 2 is 2.26 bits per heavy atom. The van der Waals surface area contributed by atoms with Crippen LogP contribution in [0.2, 0.25) is 0 Å². The normalized spacial score (nSPS) is 14.2. The van der Waals surface area contributed by atoms with Gasteiger partial charge in [0.25, 0.3) is 5.91 Å². The Hall–Kier alpha value is -2.37. The van der Waals surface area contributed by atoms with E-state index in [9.17, 15) is 4.79 Å². The fourth-order valence-electron chi connectivity index (χ4n) is 2.51. The number of aromatic nitrogens is 4. The second kappa shape index (κ2) is 6.40. The van der Waals surface area contributed by atoms with Gasteiger partial charge in [-0.1, -0.05) is 6.58 Å². The van der Waals surface area contributed by atoms with E-state index in [0.717, 1.165) is 18.2 Å². The highest BCUT2D eigenvalue weighted by atomic mass is 16.2. The zero-order chi connectivity index (χ0) is 16.4. The van der Waals surface area contributed by atoms with Crippen LogP contribution in [0.4, 0.5) is 5.82 Å². The van der Waals surface area contributed by atoms with Crippen molar-refractivity contribution in [3.05, 3.63) is 42.9 Å². The molecule has 0 atom stereocenters. The maximum atomic E-state index is 12.3. The average molecular weight is 313 g/mol. The molecule has 1 fully saturated rings. The lowest BCUT2D eigenvalue weighted by Gasteiger charge is -2.19. The molecule has 3 rings (SSSR count). The number of hydrogen-bond acceptors (Lipinski definition) is 3. The number of nitrogens with zero attached hydrogens (tertiary/aromatic N) is 5. The highest BCUT2D eigenvalue weighted by Crippen LogP contribution is 2.31. The lowest BCUT2D eigenvalue weighted by atomic mass is 10.3. The molecule has 122 valence electrons. The second-order valence-electron chi connectivity index (χ2n) is 6.32. The first-order valence-electron chi connectivity index (χ1n) is 8.08. The number of rotatable bonds is 7. The van der Waals surface area contributed by atoms with E-state index in [0.29, 0.717) is 12.4 Å². The fraction of sp³-hybridized carbons (Fsp3) is 0.471. The van der Waals surface area contributed by atoms with Gasteiger partial charge < -0.3 is 0 Å². The van der Waals surface area contributed by atoms with Gasteiger partial charge in [0.1, 0.15) is 0 Å². The molecule has 0 aromatic carbocycles. The molecule has 0 spiro atoms. The predicted molar refractivity (Wildman–Crippen MR) is 89.0 cm³/mol. The van der Waals surface area contributed by atoms with Crippen LogP contribution in [0.25, 0.3) is 0 Å². The number of hydrogen-bond donors (Lipinski definition) is 0. The van der Waals surface area contributed by atoms with Gasteiger partial charge >= 0.3 is 0 Å². The van der Waals surface area contributed by atoms with E-state index < -0.39 is 0 Å². The van der Waals surface area contributed by atoms with Crippen molar-refractivity contribution in [3.63, 3.8) is 0 Å². The molecule has 2 aromatic heterocycles. The van der Waals surface area contributed by atoms with Gasteiger partial charge in [-0.05, 0) is 44.7 Å². The molecular weight excluding hydrogens is 290 g/mol. The lowest BCUT2D eigenvalue weighted by Crippen LogP contribution is -2.30. The van der Waals surface area contributed by atoms with Gasteiger partial charge in [0.2, 0.25) is 0 Å². The lowest BCUT2D eigenvalue weighted by molar-refractivity contribution is -0.114. The molecule has 0 N–H and O–H groups in total. The van der Waals surface area contributed by atoms with Crippen LogP contribution in [0, 0.1) is 5.92 Å². The highest BCUT2D eigenvalue weighted by Gasteiger charge is 2.24. The van der Waals surface area contributed by atoms with Crippen molar-refractivity contribution in [1.29, 1.82) is 0 Å². The van der Waals surface area contributed by atoms with E-state index in [1.807, 2.05) is 27.7 Å². The molecule has 1 saturated carbocycles. The minimum Gasteiger partial charge on any atom is -0.286 e. The molecule has 0 unspecified atom stereocenters. The van der Waals surface area contributed by atoms with Gasteiger partial charge in [0.05, 0.1) is 12.2 Å². The van der Waals surface area contributed by atoms with Crippen molar-refractivity contribution in [3.8, 4) is 0 Å². The van der Waals surface area contributed by atoms with Crippen LogP contribution >= 0.6 is 0 Å². The summed E-state index contributed by atoms with van der Waals surface area (Å²) in [7, 11) is 0. The Balaban J connectivity index is 1.82. The molecule has 0 bridgehead atoms. The third kappa shape index (κ3) is 3.52. The molecule has 6 heteroatoms. The summed E-state index contributed by atoms with van der Waals surface area (Å²) in [5, 5.41) is 8.90. The number of carbonyl (C=O) groups is 1. The van der Waals surface area contributed by atoms with Crippen molar-refractivity contribution in [1.82, 2.24) is 19.6 Å². The fourth-order valence-corrected chi connectivity index (χ4v) is 2.51. The molecule has 2 aromatic rings. The minimum absolute atomic E-state index is 0.154. The summed E-state index contributed by atoms with van der Waals surface area (Å²) in [6, 6.07) is 4.08. The van der Waals surface area contributed by atoms with E-state index in [-0.39, 0.29) is 11.9 Å². The first kappa shape index (κ1) is 15.5. The van der Waals surface area contributed by atoms with Crippen LogP contribution in [0.1, 0.15) is 38.4 Å². The van der Waals surface area contributed by atoms with Gasteiger partial charge in [0, 0.05) is 31.0 Å². The Bertz CT molecular complexity index is 695. The van der Waals surface area contributed by atoms with Gasteiger partial charge in [-0.3, -0.25) is 19.1 Å². The van der Waals surface area contributed by atoms with Crippen LogP contribution in [0.15, 0.2) is 37.2 Å². The van der Waals surface area contributed by atoms with Crippen molar-refractivity contribution in [2.45, 2.75) is 45.8 Å². The van der Waals surface area contributed by atoms with Crippen LogP contribution in [-0.2, 0) is 17.9 Å². The summed E-state index contributed by atoms with van der Waals surface area (Å²) in [4.78, 5) is 13.9. The SMILES string of the molecule is C=CC(=O)N(Cc1ccnn1CC1CC1)c1ccn(C(C)C)n1. The molecule has 0 radical (unpaired) electrons. The van der Waals surface area contributed by atoms with E-state index in [4.69, 9.17) is 0 Å². The largest absolute Gasteiger partial charge is 0.286 e. The molecule has 0 saturated heterocycles. The summed E-state index contributed by atoms with van der Waals surface area (Å²) < 4.78 is 3.85. The summed E-state index contributed by atoms with van der Waals surface area (Å²) in [5.74, 6) is 1.22. The van der Waals surface area contributed by atoms with Gasteiger partial charge in [-0.25, -0.2) is 0 Å². The van der Waals surface area contributed by atoms with Crippen molar-refractivity contribution in [2.75, 3.05) is 4.90 Å². The smallest absolute Gasteiger partial charge is 0.251 e. The molecular formula is C17H23N5O. The zero-order valence-corrected chi connectivity index (χ0v) is 13.7. The second-order valence-corrected chi connectivity index (χ2v) is 6.32. The van der Waals surface area contributed by atoms with Crippen molar-refractivity contribution in [2.24, 2.45) is 5.92 Å². The summed E-state index contributed by atoms with van der Waals surface area (Å²) in [6.45, 7) is 9.10. The first-order valence-corrected chi connectivity index (χ1v) is 8.08. The number of amides is 1. The van der Waals surface area contributed by atoms with E-state index in [1.165, 1.54) is 18.9 Å². The van der Waals surface area contributed by atoms with Gasteiger partial charge in [-0.2, -0.15) is 10.2 Å². The minimum atomic E-state index is -0.154. The molecule has 0 aliphatic heterocycles. The quantitative estimate of drug-likeness (QED) is 0.739. The molecule has 2 heterocycles. The van der Waals surface area contributed by atoms with Crippen molar-refractivity contribution >= 4 is 11.7 Å². The van der Waals surface area contributed by atoms with E-state index in [1.54, 1.807) is 11.1 Å². The average Bonchev–Trinajstić information content (AvgIpc) is 3.03. The predicted octanol–water partition coefficient (Wildman–Crippen LogP) is 2.79. The third-order valence-electron chi connectivity index (χ3n) is 4.09. The Labute approximate surface area is 136 Å². The van der Waals surface area contributed by atoms with E-state index in [2.05, 4.69) is 30.6 Å². The Kier molecular flexibility index (Phi) is 4.32. The monoisotopic (exact) mass is 313 g/mol. The molecule has 1 aliphatic carbocycles. The summed E-state index contributed by atoms with van der Waals surface area (Å²) in [6.07, 6.45) is 7.56. The maximum absolute atomic E-state index is 12.3. The van der Waals surface area contributed by atoms with Crippen LogP contribution in [0.3, 0.4) is 0 Å². The van der Waals surface area contributed by atoms with Crippen LogP contribution in [-0.4, -0.2) is 25.5 Å². The molecule has 1 aliphatic rings. The maximum Gasteiger partial charge on any atom is 0.251 e. The first-order chi connectivity index (χ1) is 11.1. The van der Waals surface area contributed by atoms with Crippen molar-refractivity contribution < 1.29 is 4.79 Å². The topological polar surface area (TPSA) is 56.0 Å².